The number of amides is 3. The van der Waals surface area contributed by atoms with Crippen molar-refractivity contribution in [1.82, 2.24) is 10.6 Å². The van der Waals surface area contributed by atoms with Gasteiger partial charge < -0.3 is 21.1 Å². The first-order valence-electron chi connectivity index (χ1n) is 14.4. The van der Waals surface area contributed by atoms with Gasteiger partial charge in [0.1, 0.15) is 17.3 Å². The smallest absolute Gasteiger partial charge is 0.246 e. The van der Waals surface area contributed by atoms with Crippen molar-refractivity contribution in [2.24, 2.45) is 11.1 Å². The first kappa shape index (κ1) is 29.4. The highest BCUT2D eigenvalue weighted by Gasteiger charge is 2.73. The zero-order valence-electron chi connectivity index (χ0n) is 23.6. The van der Waals surface area contributed by atoms with Gasteiger partial charge in [-0.05, 0) is 73.3 Å². The van der Waals surface area contributed by atoms with E-state index in [0.29, 0.717) is 42.0 Å². The van der Waals surface area contributed by atoms with Crippen molar-refractivity contribution in [2.45, 2.75) is 87.4 Å². The van der Waals surface area contributed by atoms with Crippen molar-refractivity contribution in [3.05, 3.63) is 63.4 Å². The number of nitrogens with one attached hydrogen (secondary N) is 3. The van der Waals surface area contributed by atoms with Gasteiger partial charge in [0.2, 0.25) is 17.7 Å². The van der Waals surface area contributed by atoms with Gasteiger partial charge in [-0.3, -0.25) is 19.7 Å². The molecule has 224 valence electrons. The van der Waals surface area contributed by atoms with Gasteiger partial charge in [0.25, 0.3) is 0 Å². The lowest BCUT2D eigenvalue weighted by Crippen LogP contribution is -2.61. The van der Waals surface area contributed by atoms with E-state index in [1.54, 1.807) is 24.3 Å². The molecule has 4 aliphatic rings. The van der Waals surface area contributed by atoms with Crippen LogP contribution in [0.1, 0.15) is 69.4 Å². The predicted octanol–water partition coefficient (Wildman–Crippen LogP) is 4.57. The van der Waals surface area contributed by atoms with Crippen molar-refractivity contribution in [3.8, 4) is 0 Å². The topological polar surface area (TPSA) is 123 Å². The summed E-state index contributed by atoms with van der Waals surface area (Å²) in [6, 6.07) is 8.64. The summed E-state index contributed by atoms with van der Waals surface area (Å²) in [7, 11) is 0. The third-order valence-corrected chi connectivity index (χ3v) is 10.5. The Balaban J connectivity index is 1.49. The highest BCUT2D eigenvalue weighted by Crippen LogP contribution is 2.64. The summed E-state index contributed by atoms with van der Waals surface area (Å²) in [6.07, 6.45) is 3.00. The molecule has 3 fully saturated rings. The van der Waals surface area contributed by atoms with Crippen LogP contribution < -0.4 is 21.7 Å². The van der Waals surface area contributed by atoms with Gasteiger partial charge in [-0.1, -0.05) is 55.2 Å². The molecule has 1 aliphatic carbocycles. The quantitative estimate of drug-likeness (QED) is 0.401. The first-order valence-corrected chi connectivity index (χ1v) is 15.2. The average molecular weight is 618 g/mol. The summed E-state index contributed by atoms with van der Waals surface area (Å²) < 4.78 is 21.6. The molecule has 3 aliphatic heterocycles. The van der Waals surface area contributed by atoms with Crippen molar-refractivity contribution >= 4 is 46.6 Å². The summed E-state index contributed by atoms with van der Waals surface area (Å²) in [4.78, 5) is 40.3. The Kier molecular flexibility index (Phi) is 7.32. The summed E-state index contributed by atoms with van der Waals surface area (Å²) >= 11 is 12.7. The third kappa shape index (κ3) is 4.51. The second-order valence-corrected chi connectivity index (χ2v) is 13.8. The number of nitrogens with two attached hydrogens (primary N) is 1. The number of hydrogen-bond acceptors (Lipinski definition) is 5. The van der Waals surface area contributed by atoms with Crippen molar-refractivity contribution < 1.29 is 23.5 Å². The SMILES string of the molecule is CC1(C)CCC2(CC1)NC(C(=O)N[C@@H]1CC[C@@H](C(N)=O)OC1)C(c1cccc(Cl)c1F)C21C(=O)Nc2cc(Cl)ccc21. The second kappa shape index (κ2) is 10.5. The molecule has 2 aromatic carbocycles. The van der Waals surface area contributed by atoms with Gasteiger partial charge in [0.15, 0.2) is 0 Å². The molecule has 3 amide bonds. The standard InChI is InChI=1S/C31H35Cl2FN4O4/c1-29(2)10-12-30(13-11-29)31(19-8-6-16(32)14-21(19)37-28(31)41)23(18-4-3-5-20(33)24(18)34)25(38-30)27(40)36-17-7-9-22(26(35)39)42-15-17/h3-6,8,14,17,22-23,25,38H,7,9-13,15H2,1-2H3,(H2,35,39)(H,36,40)(H,37,41)/t17-,22+,23?,25?,31?/m1/s1. The molecule has 0 radical (unpaired) electrons. The molecule has 6 rings (SSSR count). The maximum absolute atomic E-state index is 16.0. The van der Waals surface area contributed by atoms with Crippen LogP contribution in [0.15, 0.2) is 36.4 Å². The van der Waals surface area contributed by atoms with E-state index in [0.717, 1.165) is 12.8 Å². The van der Waals surface area contributed by atoms with Gasteiger partial charge in [-0.15, -0.1) is 0 Å². The van der Waals surface area contributed by atoms with Crippen molar-refractivity contribution in [1.29, 1.82) is 0 Å². The van der Waals surface area contributed by atoms with E-state index in [4.69, 9.17) is 33.7 Å². The molecule has 0 bridgehead atoms. The number of anilines is 1. The van der Waals surface area contributed by atoms with Crippen LogP contribution in [-0.4, -0.2) is 48.1 Å². The Labute approximate surface area is 254 Å². The van der Waals surface area contributed by atoms with E-state index in [-0.39, 0.29) is 40.5 Å². The van der Waals surface area contributed by atoms with E-state index < -0.39 is 40.7 Å². The van der Waals surface area contributed by atoms with Gasteiger partial charge in [-0.2, -0.15) is 0 Å². The molecule has 5 N–H and O–H groups in total. The molecule has 3 heterocycles. The normalized spacial score (nSPS) is 31.1. The lowest BCUT2D eigenvalue weighted by molar-refractivity contribution is -0.134. The number of fused-ring (bicyclic) bond motifs is 3. The lowest BCUT2D eigenvalue weighted by atomic mass is 9.53. The van der Waals surface area contributed by atoms with E-state index in [2.05, 4.69) is 29.8 Å². The minimum absolute atomic E-state index is 0.0412. The van der Waals surface area contributed by atoms with E-state index in [9.17, 15) is 14.4 Å². The van der Waals surface area contributed by atoms with Crippen LogP contribution in [-0.2, 0) is 24.5 Å². The van der Waals surface area contributed by atoms with Gasteiger partial charge in [0, 0.05) is 22.2 Å². The molecule has 5 atom stereocenters. The van der Waals surface area contributed by atoms with Crippen LogP contribution in [0, 0.1) is 11.2 Å². The zero-order valence-corrected chi connectivity index (χ0v) is 25.1. The van der Waals surface area contributed by atoms with Crippen LogP contribution in [0.25, 0.3) is 0 Å². The molecule has 2 saturated heterocycles. The molecule has 1 saturated carbocycles. The summed E-state index contributed by atoms with van der Waals surface area (Å²) in [5.41, 5.74) is 4.71. The lowest BCUT2D eigenvalue weighted by Gasteiger charge is -2.50. The van der Waals surface area contributed by atoms with Crippen LogP contribution in [0.2, 0.25) is 10.0 Å². The van der Waals surface area contributed by atoms with Crippen molar-refractivity contribution in [3.63, 3.8) is 0 Å². The molecule has 0 aromatic heterocycles. The Bertz CT molecular complexity index is 1450. The maximum Gasteiger partial charge on any atom is 0.246 e. The molecule has 2 aromatic rings. The minimum Gasteiger partial charge on any atom is -0.367 e. The molecule has 11 heteroatoms. The largest absolute Gasteiger partial charge is 0.367 e. The number of ether oxygens (including phenoxy) is 1. The van der Waals surface area contributed by atoms with E-state index >= 15 is 4.39 Å². The monoisotopic (exact) mass is 616 g/mol. The summed E-state index contributed by atoms with van der Waals surface area (Å²) in [5, 5.41) is 10.1. The molecular weight excluding hydrogens is 582 g/mol. The Morgan fingerprint density at radius 2 is 1.83 bits per heavy atom. The fraction of sp³-hybridized carbons (Fsp3) is 0.516. The van der Waals surface area contributed by atoms with Crippen molar-refractivity contribution in [2.75, 3.05) is 11.9 Å². The summed E-state index contributed by atoms with van der Waals surface area (Å²) in [5.74, 6) is -2.79. The maximum atomic E-state index is 16.0. The molecular formula is C31H35Cl2FN4O4. The number of halogens is 3. The Morgan fingerprint density at radius 3 is 2.50 bits per heavy atom. The first-order chi connectivity index (χ1) is 19.9. The highest BCUT2D eigenvalue weighted by atomic mass is 35.5. The predicted molar refractivity (Wildman–Crippen MR) is 158 cm³/mol. The molecule has 2 spiro atoms. The van der Waals surface area contributed by atoms with Crippen LogP contribution >= 0.6 is 23.2 Å². The minimum atomic E-state index is -1.32. The van der Waals surface area contributed by atoms with Crippen LogP contribution in [0.3, 0.4) is 0 Å². The average Bonchev–Trinajstić information content (AvgIpc) is 3.40. The Hall–Kier alpha value is -2.72. The molecule has 8 nitrogen and oxygen atoms in total. The van der Waals surface area contributed by atoms with E-state index in [1.165, 1.54) is 6.07 Å². The Morgan fingerprint density at radius 1 is 1.10 bits per heavy atom. The number of rotatable bonds is 4. The van der Waals surface area contributed by atoms with Crippen LogP contribution in [0.4, 0.5) is 10.1 Å². The fourth-order valence-electron chi connectivity index (χ4n) is 7.80. The molecule has 42 heavy (non-hydrogen) atoms. The molecule has 3 unspecified atom stereocenters. The van der Waals surface area contributed by atoms with Gasteiger partial charge in [0.05, 0.1) is 23.7 Å². The number of carbonyl (C=O) groups is 3. The summed E-state index contributed by atoms with van der Waals surface area (Å²) in [6.45, 7) is 4.52. The number of primary amides is 1. The van der Waals surface area contributed by atoms with E-state index in [1.807, 2.05) is 6.07 Å². The number of benzene rings is 2. The van der Waals surface area contributed by atoms with Gasteiger partial charge in [-0.25, -0.2) is 4.39 Å². The number of hydrogen-bond donors (Lipinski definition) is 4. The van der Waals surface area contributed by atoms with Gasteiger partial charge >= 0.3 is 0 Å². The highest BCUT2D eigenvalue weighted by molar-refractivity contribution is 6.31. The third-order valence-electron chi connectivity index (χ3n) is 10.00. The fourth-order valence-corrected chi connectivity index (χ4v) is 8.15. The number of carbonyl (C=O) groups excluding carboxylic acids is 3. The zero-order chi connectivity index (χ0) is 30.0. The van der Waals surface area contributed by atoms with Crippen LogP contribution in [0.5, 0.6) is 0 Å². The second-order valence-electron chi connectivity index (χ2n) is 12.9.